The molecule has 5 heteroatoms. The SMILES string of the molecule is CCOc1cccc2c1nc(N)n2CC1CCSC1. The van der Waals surface area contributed by atoms with Crippen LogP contribution in [0.3, 0.4) is 0 Å². The largest absolute Gasteiger partial charge is 0.492 e. The molecule has 0 spiro atoms. The van der Waals surface area contributed by atoms with E-state index >= 15 is 0 Å². The lowest BCUT2D eigenvalue weighted by Crippen LogP contribution is -2.12. The number of nitrogen functional groups attached to an aromatic ring is 1. The minimum atomic E-state index is 0.596. The van der Waals surface area contributed by atoms with E-state index in [0.717, 1.165) is 23.3 Å². The predicted octanol–water partition coefficient (Wildman–Crippen LogP) is 2.77. The first-order valence-corrected chi connectivity index (χ1v) is 7.90. The summed E-state index contributed by atoms with van der Waals surface area (Å²) in [6, 6.07) is 6.03. The molecule has 0 radical (unpaired) electrons. The Bertz CT molecular complexity index is 575. The smallest absolute Gasteiger partial charge is 0.201 e. The third-order valence-electron chi connectivity index (χ3n) is 3.54. The van der Waals surface area contributed by atoms with Crippen LogP contribution in [0, 0.1) is 5.92 Å². The molecule has 0 aliphatic carbocycles. The highest BCUT2D eigenvalue weighted by Crippen LogP contribution is 2.30. The molecule has 4 nitrogen and oxygen atoms in total. The number of aromatic nitrogens is 2. The summed E-state index contributed by atoms with van der Waals surface area (Å²) in [7, 11) is 0. The fourth-order valence-corrected chi connectivity index (χ4v) is 3.86. The van der Waals surface area contributed by atoms with Gasteiger partial charge in [0.05, 0.1) is 12.1 Å². The third-order valence-corrected chi connectivity index (χ3v) is 4.77. The molecule has 19 heavy (non-hydrogen) atoms. The van der Waals surface area contributed by atoms with Crippen LogP contribution in [0.15, 0.2) is 18.2 Å². The van der Waals surface area contributed by atoms with Crippen LogP contribution in [0.1, 0.15) is 13.3 Å². The van der Waals surface area contributed by atoms with Crippen LogP contribution >= 0.6 is 11.8 Å². The third kappa shape index (κ3) is 2.39. The molecule has 1 aromatic carbocycles. The monoisotopic (exact) mass is 277 g/mol. The van der Waals surface area contributed by atoms with Crippen molar-refractivity contribution in [3.8, 4) is 5.75 Å². The topological polar surface area (TPSA) is 53.1 Å². The molecule has 1 atom stereocenters. The quantitative estimate of drug-likeness (QED) is 0.933. The van der Waals surface area contributed by atoms with Gasteiger partial charge in [-0.25, -0.2) is 4.98 Å². The minimum Gasteiger partial charge on any atom is -0.492 e. The number of benzene rings is 1. The number of thioether (sulfide) groups is 1. The van der Waals surface area contributed by atoms with Crippen molar-refractivity contribution < 1.29 is 4.74 Å². The molecule has 1 unspecified atom stereocenters. The Hall–Kier alpha value is -1.36. The standard InChI is InChI=1S/C14H19N3OS/c1-2-18-12-5-3-4-11-13(12)16-14(15)17(11)8-10-6-7-19-9-10/h3-5,10H,2,6-9H2,1H3,(H2,15,16). The van der Waals surface area contributed by atoms with Crippen molar-refractivity contribution in [3.05, 3.63) is 18.2 Å². The maximum Gasteiger partial charge on any atom is 0.201 e. The van der Waals surface area contributed by atoms with Crippen LogP contribution in [0.5, 0.6) is 5.75 Å². The number of para-hydroxylation sites is 1. The average molecular weight is 277 g/mol. The average Bonchev–Trinajstić information content (AvgIpc) is 3.01. The van der Waals surface area contributed by atoms with Gasteiger partial charge in [-0.2, -0.15) is 11.8 Å². The molecule has 1 aliphatic rings. The first-order chi connectivity index (χ1) is 9.29. The zero-order valence-corrected chi connectivity index (χ0v) is 11.9. The molecule has 2 heterocycles. The maximum atomic E-state index is 6.09. The first kappa shape index (κ1) is 12.7. The molecule has 1 aromatic heterocycles. The number of nitrogens with two attached hydrogens (primary N) is 1. The van der Waals surface area contributed by atoms with Crippen LogP contribution in [-0.2, 0) is 6.54 Å². The Morgan fingerprint density at radius 2 is 2.42 bits per heavy atom. The summed E-state index contributed by atoms with van der Waals surface area (Å²) in [5.74, 6) is 4.62. The maximum absolute atomic E-state index is 6.09. The summed E-state index contributed by atoms with van der Waals surface area (Å²) < 4.78 is 7.76. The molecule has 0 saturated carbocycles. The first-order valence-electron chi connectivity index (χ1n) is 6.75. The molecule has 1 fully saturated rings. The number of hydrogen-bond acceptors (Lipinski definition) is 4. The summed E-state index contributed by atoms with van der Waals surface area (Å²) in [4.78, 5) is 4.48. The van der Waals surface area contributed by atoms with Gasteiger partial charge in [0, 0.05) is 6.54 Å². The second-order valence-corrected chi connectivity index (χ2v) is 6.02. The van der Waals surface area contributed by atoms with Crippen molar-refractivity contribution in [3.63, 3.8) is 0 Å². The predicted molar refractivity (Wildman–Crippen MR) is 80.7 cm³/mol. The van der Waals surface area contributed by atoms with E-state index in [9.17, 15) is 0 Å². The Labute approximate surface area is 117 Å². The van der Waals surface area contributed by atoms with Crippen molar-refractivity contribution in [1.29, 1.82) is 0 Å². The van der Waals surface area contributed by atoms with E-state index in [-0.39, 0.29) is 0 Å². The Kier molecular flexibility index (Phi) is 3.55. The van der Waals surface area contributed by atoms with Gasteiger partial charge in [-0.15, -0.1) is 0 Å². The van der Waals surface area contributed by atoms with Gasteiger partial charge in [0.2, 0.25) is 5.95 Å². The van der Waals surface area contributed by atoms with Gasteiger partial charge in [0.25, 0.3) is 0 Å². The second kappa shape index (κ2) is 5.33. The number of ether oxygens (including phenoxy) is 1. The van der Waals surface area contributed by atoms with Crippen molar-refractivity contribution in [2.24, 2.45) is 5.92 Å². The Morgan fingerprint density at radius 3 is 3.16 bits per heavy atom. The fraction of sp³-hybridized carbons (Fsp3) is 0.500. The summed E-state index contributed by atoms with van der Waals surface area (Å²) in [6.45, 7) is 3.59. The highest BCUT2D eigenvalue weighted by Gasteiger charge is 2.19. The van der Waals surface area contributed by atoms with Crippen molar-refractivity contribution in [1.82, 2.24) is 9.55 Å². The number of hydrogen-bond donors (Lipinski definition) is 1. The number of rotatable bonds is 4. The lowest BCUT2D eigenvalue weighted by molar-refractivity contribution is 0.343. The zero-order chi connectivity index (χ0) is 13.2. The van der Waals surface area contributed by atoms with Gasteiger partial charge in [-0.3, -0.25) is 0 Å². The van der Waals surface area contributed by atoms with Crippen LogP contribution in [0.2, 0.25) is 0 Å². The molecule has 0 amide bonds. The van der Waals surface area contributed by atoms with Gasteiger partial charge >= 0.3 is 0 Å². The van der Waals surface area contributed by atoms with E-state index < -0.39 is 0 Å². The number of nitrogens with zero attached hydrogens (tertiary/aromatic N) is 2. The molecule has 3 rings (SSSR count). The van der Waals surface area contributed by atoms with Crippen LogP contribution in [0.25, 0.3) is 11.0 Å². The van der Waals surface area contributed by atoms with Gasteiger partial charge in [-0.1, -0.05) is 6.07 Å². The van der Waals surface area contributed by atoms with Crippen LogP contribution in [0.4, 0.5) is 5.95 Å². The molecular weight excluding hydrogens is 258 g/mol. The van der Waals surface area contributed by atoms with Crippen molar-refractivity contribution >= 4 is 28.7 Å². The number of fused-ring (bicyclic) bond motifs is 1. The van der Waals surface area contributed by atoms with Gasteiger partial charge in [-0.05, 0) is 42.9 Å². The number of imidazole rings is 1. The van der Waals surface area contributed by atoms with Crippen LogP contribution < -0.4 is 10.5 Å². The highest BCUT2D eigenvalue weighted by molar-refractivity contribution is 7.99. The Balaban J connectivity index is 1.99. The molecule has 2 aromatic rings. The summed E-state index contributed by atoms with van der Waals surface area (Å²) in [6.07, 6.45) is 1.27. The Morgan fingerprint density at radius 1 is 1.53 bits per heavy atom. The van der Waals surface area contributed by atoms with E-state index in [1.807, 2.05) is 30.8 Å². The van der Waals surface area contributed by atoms with Gasteiger partial charge < -0.3 is 15.0 Å². The summed E-state index contributed by atoms with van der Waals surface area (Å²) >= 11 is 2.03. The summed E-state index contributed by atoms with van der Waals surface area (Å²) in [5.41, 5.74) is 8.05. The van der Waals surface area contributed by atoms with E-state index in [1.54, 1.807) is 0 Å². The van der Waals surface area contributed by atoms with E-state index in [2.05, 4.69) is 15.6 Å². The normalized spacial score (nSPS) is 19.1. The molecule has 1 aliphatic heterocycles. The molecular formula is C14H19N3OS. The van der Waals surface area contributed by atoms with Crippen molar-refractivity contribution in [2.45, 2.75) is 19.9 Å². The van der Waals surface area contributed by atoms with Crippen molar-refractivity contribution in [2.75, 3.05) is 23.8 Å². The fourth-order valence-electron chi connectivity index (χ4n) is 2.59. The molecule has 2 N–H and O–H groups in total. The molecule has 0 bridgehead atoms. The van der Waals surface area contributed by atoms with Crippen LogP contribution in [-0.4, -0.2) is 27.7 Å². The lowest BCUT2D eigenvalue weighted by Gasteiger charge is -2.12. The summed E-state index contributed by atoms with van der Waals surface area (Å²) in [5, 5.41) is 0. The molecule has 102 valence electrons. The van der Waals surface area contributed by atoms with Gasteiger partial charge in [0.1, 0.15) is 11.3 Å². The molecule has 1 saturated heterocycles. The van der Waals surface area contributed by atoms with E-state index in [0.29, 0.717) is 18.5 Å². The second-order valence-electron chi connectivity index (χ2n) is 4.87. The lowest BCUT2D eigenvalue weighted by atomic mass is 10.1. The highest BCUT2D eigenvalue weighted by atomic mass is 32.2. The van der Waals surface area contributed by atoms with E-state index in [1.165, 1.54) is 17.9 Å². The van der Waals surface area contributed by atoms with E-state index in [4.69, 9.17) is 10.5 Å². The minimum absolute atomic E-state index is 0.596. The van der Waals surface area contributed by atoms with Gasteiger partial charge in [0.15, 0.2) is 0 Å². The number of anilines is 1. The zero-order valence-electron chi connectivity index (χ0n) is 11.1.